The summed E-state index contributed by atoms with van der Waals surface area (Å²) in [5, 5.41) is 10.3. The van der Waals surface area contributed by atoms with E-state index in [9.17, 15) is 5.11 Å². The van der Waals surface area contributed by atoms with Crippen LogP contribution in [-0.4, -0.2) is 41.3 Å². The molecule has 2 fully saturated rings. The van der Waals surface area contributed by atoms with E-state index in [-0.39, 0.29) is 17.5 Å². The van der Waals surface area contributed by atoms with Gasteiger partial charge in [-0.3, -0.25) is 0 Å². The standard InChI is InChI=1S/C14H25BClO3/c1-13(2,17)14(3,4)19-15-12-7-9-5-6-10(16)8-11(9)18-12/h9-12,17H,5-8H2,1-4H3. The van der Waals surface area contributed by atoms with Crippen LogP contribution in [0.4, 0.5) is 0 Å². The lowest BCUT2D eigenvalue weighted by Gasteiger charge is -2.38. The van der Waals surface area contributed by atoms with E-state index < -0.39 is 11.2 Å². The van der Waals surface area contributed by atoms with Crippen LogP contribution in [0.1, 0.15) is 53.4 Å². The minimum atomic E-state index is -0.893. The van der Waals surface area contributed by atoms with Crippen molar-refractivity contribution in [3.8, 4) is 0 Å². The summed E-state index contributed by atoms with van der Waals surface area (Å²) in [6, 6.07) is 0.0265. The first-order chi connectivity index (χ1) is 8.69. The Morgan fingerprint density at radius 1 is 1.21 bits per heavy atom. The first kappa shape index (κ1) is 15.6. The molecule has 1 aliphatic heterocycles. The van der Waals surface area contributed by atoms with E-state index in [1.807, 2.05) is 13.8 Å². The van der Waals surface area contributed by atoms with Crippen LogP contribution in [-0.2, 0) is 9.39 Å². The lowest BCUT2D eigenvalue weighted by molar-refractivity contribution is -0.0941. The number of halogens is 1. The van der Waals surface area contributed by atoms with Crippen molar-refractivity contribution in [2.75, 3.05) is 0 Å². The number of alkyl halides is 1. The quantitative estimate of drug-likeness (QED) is 0.638. The minimum Gasteiger partial charge on any atom is -0.430 e. The number of aliphatic hydroxyl groups is 1. The summed E-state index contributed by atoms with van der Waals surface area (Å²) in [6.07, 6.45) is 4.49. The molecule has 3 nitrogen and oxygen atoms in total. The van der Waals surface area contributed by atoms with Crippen molar-refractivity contribution < 1.29 is 14.5 Å². The highest BCUT2D eigenvalue weighted by molar-refractivity contribution is 6.29. The first-order valence-electron chi connectivity index (χ1n) is 7.22. The molecule has 1 heterocycles. The van der Waals surface area contributed by atoms with Gasteiger partial charge < -0.3 is 14.5 Å². The fourth-order valence-electron chi connectivity index (χ4n) is 2.64. The second-order valence-corrected chi connectivity index (χ2v) is 7.56. The number of fused-ring (bicyclic) bond motifs is 1. The molecule has 0 aromatic heterocycles. The SMILES string of the molecule is CC(C)(O)C(C)(C)O[B]C1CC2CCC(Cl)CC2O1. The van der Waals surface area contributed by atoms with Gasteiger partial charge in [0.15, 0.2) is 0 Å². The van der Waals surface area contributed by atoms with Gasteiger partial charge in [-0.05, 0) is 59.3 Å². The Morgan fingerprint density at radius 3 is 2.53 bits per heavy atom. The van der Waals surface area contributed by atoms with Crippen LogP contribution in [0.2, 0.25) is 0 Å². The molecular formula is C14H25BClO3. The van der Waals surface area contributed by atoms with Crippen LogP contribution in [0.25, 0.3) is 0 Å². The molecule has 0 amide bonds. The average molecular weight is 288 g/mol. The third-order valence-electron chi connectivity index (χ3n) is 4.74. The third-order valence-corrected chi connectivity index (χ3v) is 5.13. The topological polar surface area (TPSA) is 38.7 Å². The summed E-state index contributed by atoms with van der Waals surface area (Å²) in [6.45, 7) is 7.29. The molecule has 0 bridgehead atoms. The van der Waals surface area contributed by atoms with Crippen molar-refractivity contribution in [3.63, 3.8) is 0 Å². The van der Waals surface area contributed by atoms with Crippen molar-refractivity contribution in [1.82, 2.24) is 0 Å². The maximum atomic E-state index is 10.1. The second-order valence-electron chi connectivity index (χ2n) is 6.94. The van der Waals surface area contributed by atoms with Crippen LogP contribution in [0.5, 0.6) is 0 Å². The highest BCUT2D eigenvalue weighted by atomic mass is 35.5. The van der Waals surface area contributed by atoms with E-state index in [0.29, 0.717) is 5.92 Å². The van der Waals surface area contributed by atoms with E-state index in [1.54, 1.807) is 21.3 Å². The van der Waals surface area contributed by atoms with E-state index in [2.05, 4.69) is 0 Å². The maximum absolute atomic E-state index is 10.1. The highest BCUT2D eigenvalue weighted by Gasteiger charge is 2.42. The van der Waals surface area contributed by atoms with Crippen molar-refractivity contribution in [2.45, 2.75) is 82.1 Å². The van der Waals surface area contributed by atoms with Crippen LogP contribution >= 0.6 is 11.6 Å². The van der Waals surface area contributed by atoms with Gasteiger partial charge in [-0.2, -0.15) is 0 Å². The normalized spacial score (nSPS) is 36.1. The van der Waals surface area contributed by atoms with Gasteiger partial charge >= 0.3 is 7.48 Å². The molecule has 109 valence electrons. The summed E-state index contributed by atoms with van der Waals surface area (Å²) >= 11 is 6.19. The zero-order chi connectivity index (χ0) is 14.3. The summed E-state index contributed by atoms with van der Waals surface area (Å²) in [5.74, 6) is 0.616. The Bertz CT molecular complexity index is 316. The van der Waals surface area contributed by atoms with Gasteiger partial charge in [-0.1, -0.05) is 0 Å². The van der Waals surface area contributed by atoms with Crippen molar-refractivity contribution in [3.05, 3.63) is 0 Å². The van der Waals surface area contributed by atoms with Gasteiger partial charge in [0, 0.05) is 5.38 Å². The second kappa shape index (κ2) is 5.55. The van der Waals surface area contributed by atoms with E-state index >= 15 is 0 Å². The zero-order valence-corrected chi connectivity index (χ0v) is 13.1. The van der Waals surface area contributed by atoms with Crippen molar-refractivity contribution in [1.29, 1.82) is 0 Å². The molecule has 4 unspecified atom stereocenters. The van der Waals surface area contributed by atoms with Crippen molar-refractivity contribution in [2.24, 2.45) is 5.92 Å². The Morgan fingerprint density at radius 2 is 1.89 bits per heavy atom. The highest BCUT2D eigenvalue weighted by Crippen LogP contribution is 2.39. The molecule has 1 radical (unpaired) electrons. The van der Waals surface area contributed by atoms with E-state index in [0.717, 1.165) is 25.7 Å². The fourth-order valence-corrected chi connectivity index (χ4v) is 2.94. The molecule has 0 aromatic rings. The lowest BCUT2D eigenvalue weighted by atomic mass is 9.79. The molecule has 2 aliphatic rings. The maximum Gasteiger partial charge on any atom is 0.324 e. The molecule has 4 atom stereocenters. The third kappa shape index (κ3) is 3.66. The van der Waals surface area contributed by atoms with Crippen LogP contribution in [0, 0.1) is 5.92 Å². The molecule has 2 rings (SSSR count). The molecule has 1 saturated heterocycles. The van der Waals surface area contributed by atoms with Crippen LogP contribution < -0.4 is 0 Å². The number of hydrogen-bond donors (Lipinski definition) is 1. The largest absolute Gasteiger partial charge is 0.430 e. The molecule has 19 heavy (non-hydrogen) atoms. The van der Waals surface area contributed by atoms with Gasteiger partial charge in [0.1, 0.15) is 0 Å². The van der Waals surface area contributed by atoms with Gasteiger partial charge in [-0.15, -0.1) is 11.6 Å². The Kier molecular flexibility index (Phi) is 4.56. The Hall–Kier alpha value is 0.235. The molecule has 5 heteroatoms. The molecule has 1 saturated carbocycles. The molecule has 1 N–H and O–H groups in total. The lowest BCUT2D eigenvalue weighted by Crippen LogP contribution is -2.49. The monoisotopic (exact) mass is 287 g/mol. The predicted molar refractivity (Wildman–Crippen MR) is 77.5 cm³/mol. The summed E-state index contributed by atoms with van der Waals surface area (Å²) in [5.41, 5.74) is -1.52. The smallest absolute Gasteiger partial charge is 0.324 e. The summed E-state index contributed by atoms with van der Waals surface area (Å²) < 4.78 is 11.8. The number of hydrogen-bond acceptors (Lipinski definition) is 3. The Labute approximate surface area is 122 Å². The van der Waals surface area contributed by atoms with Crippen LogP contribution in [0.3, 0.4) is 0 Å². The average Bonchev–Trinajstić information content (AvgIpc) is 2.67. The van der Waals surface area contributed by atoms with Gasteiger partial charge in [-0.25, -0.2) is 0 Å². The van der Waals surface area contributed by atoms with E-state index in [1.165, 1.54) is 0 Å². The Balaban J connectivity index is 1.83. The number of ether oxygens (including phenoxy) is 1. The minimum absolute atomic E-state index is 0.0265. The number of rotatable bonds is 4. The fraction of sp³-hybridized carbons (Fsp3) is 1.00. The van der Waals surface area contributed by atoms with E-state index in [4.69, 9.17) is 21.0 Å². The molecule has 0 spiro atoms. The molecule has 0 aromatic carbocycles. The summed E-state index contributed by atoms with van der Waals surface area (Å²) in [7, 11) is 1.76. The molecule has 1 aliphatic carbocycles. The van der Waals surface area contributed by atoms with Gasteiger partial charge in [0.2, 0.25) is 0 Å². The summed E-state index contributed by atoms with van der Waals surface area (Å²) in [4.78, 5) is 0. The molecular weight excluding hydrogens is 262 g/mol. The first-order valence-corrected chi connectivity index (χ1v) is 7.66. The zero-order valence-electron chi connectivity index (χ0n) is 12.4. The van der Waals surface area contributed by atoms with Crippen molar-refractivity contribution >= 4 is 19.1 Å². The predicted octanol–water partition coefficient (Wildman–Crippen LogP) is 2.69. The van der Waals surface area contributed by atoms with Crippen LogP contribution in [0.15, 0.2) is 0 Å². The van der Waals surface area contributed by atoms with Gasteiger partial charge in [0.05, 0.1) is 23.3 Å². The van der Waals surface area contributed by atoms with Gasteiger partial charge in [0.25, 0.3) is 0 Å².